The van der Waals surface area contributed by atoms with E-state index in [2.05, 4.69) is 6.92 Å². The van der Waals surface area contributed by atoms with Crippen molar-refractivity contribution in [2.75, 3.05) is 0 Å². The Kier molecular flexibility index (Phi) is 4.72. The maximum absolute atomic E-state index is 7.58. The maximum Gasteiger partial charge on any atom is -0.00568 e. The number of hydrogen-bond acceptors (Lipinski definition) is 0. The smallest absolute Gasteiger partial charge is 0.00568 e. The minimum atomic E-state index is 0.271. The van der Waals surface area contributed by atoms with Crippen molar-refractivity contribution in [1.29, 1.82) is 0 Å². The monoisotopic (exact) mass is 165 g/mol. The van der Waals surface area contributed by atoms with Crippen molar-refractivity contribution in [3.8, 4) is 0 Å². The first-order valence-corrected chi connectivity index (χ1v) is 5.54. The SMILES string of the molecule is [C][C@H]1CC[C@H](CCCCC)CC1. The molecule has 1 saturated carbocycles. The molecule has 1 rings (SSSR count). The first kappa shape index (κ1) is 10.1. The van der Waals surface area contributed by atoms with Crippen LogP contribution in [0.15, 0.2) is 0 Å². The van der Waals surface area contributed by atoms with Gasteiger partial charge in [-0.1, -0.05) is 45.4 Å². The molecular weight excluding hydrogens is 144 g/mol. The van der Waals surface area contributed by atoms with Crippen molar-refractivity contribution in [1.82, 2.24) is 0 Å². The Morgan fingerprint density at radius 3 is 2.33 bits per heavy atom. The molecule has 1 aliphatic rings. The van der Waals surface area contributed by atoms with E-state index < -0.39 is 0 Å². The molecule has 3 radical (unpaired) electrons. The molecule has 0 aromatic carbocycles. The van der Waals surface area contributed by atoms with Crippen LogP contribution in [0.5, 0.6) is 0 Å². The quantitative estimate of drug-likeness (QED) is 0.553. The zero-order valence-corrected chi connectivity index (χ0v) is 8.31. The van der Waals surface area contributed by atoms with Gasteiger partial charge in [0.05, 0.1) is 0 Å². The highest BCUT2D eigenvalue weighted by Gasteiger charge is 2.17. The van der Waals surface area contributed by atoms with E-state index in [1.54, 1.807) is 0 Å². The van der Waals surface area contributed by atoms with E-state index in [9.17, 15) is 0 Å². The highest BCUT2D eigenvalue weighted by molar-refractivity contribution is 4.73. The first-order valence-electron chi connectivity index (χ1n) is 5.54. The fourth-order valence-corrected chi connectivity index (χ4v) is 2.13. The average molecular weight is 165 g/mol. The van der Waals surface area contributed by atoms with Gasteiger partial charge in [0, 0.05) is 0 Å². The molecule has 0 aliphatic heterocycles. The van der Waals surface area contributed by atoms with Crippen molar-refractivity contribution in [3.05, 3.63) is 6.92 Å². The lowest BCUT2D eigenvalue weighted by Gasteiger charge is -2.25. The Balaban J connectivity index is 2.01. The lowest BCUT2D eigenvalue weighted by molar-refractivity contribution is 0.288. The second-order valence-electron chi connectivity index (χ2n) is 4.21. The minimum Gasteiger partial charge on any atom is -0.0654 e. The van der Waals surface area contributed by atoms with Gasteiger partial charge in [0.25, 0.3) is 0 Å². The predicted molar refractivity (Wildman–Crippen MR) is 52.8 cm³/mol. The third kappa shape index (κ3) is 3.60. The second-order valence-corrected chi connectivity index (χ2v) is 4.21. The third-order valence-electron chi connectivity index (χ3n) is 3.06. The Bertz CT molecular complexity index is 98.6. The third-order valence-corrected chi connectivity index (χ3v) is 3.06. The molecule has 0 amide bonds. The zero-order valence-electron chi connectivity index (χ0n) is 8.31. The summed E-state index contributed by atoms with van der Waals surface area (Å²) >= 11 is 0. The molecule has 0 saturated heterocycles. The molecule has 69 valence electrons. The van der Waals surface area contributed by atoms with Gasteiger partial charge < -0.3 is 0 Å². The summed E-state index contributed by atoms with van der Waals surface area (Å²) < 4.78 is 0. The Morgan fingerprint density at radius 1 is 1.08 bits per heavy atom. The van der Waals surface area contributed by atoms with E-state index in [0.717, 1.165) is 18.8 Å². The van der Waals surface area contributed by atoms with Crippen LogP contribution in [0.4, 0.5) is 0 Å². The molecule has 0 unspecified atom stereocenters. The average Bonchev–Trinajstić information content (AvgIpc) is 2.09. The molecule has 12 heavy (non-hydrogen) atoms. The van der Waals surface area contributed by atoms with Gasteiger partial charge in [-0.05, 0) is 31.6 Å². The molecule has 1 fully saturated rings. The van der Waals surface area contributed by atoms with Crippen LogP contribution in [0, 0.1) is 18.8 Å². The van der Waals surface area contributed by atoms with E-state index in [1.807, 2.05) is 0 Å². The van der Waals surface area contributed by atoms with E-state index in [0.29, 0.717) is 0 Å². The number of rotatable bonds is 4. The lowest BCUT2D eigenvalue weighted by Crippen LogP contribution is -2.12. The molecule has 0 spiro atoms. The van der Waals surface area contributed by atoms with E-state index >= 15 is 0 Å². The summed E-state index contributed by atoms with van der Waals surface area (Å²) in [6, 6.07) is 0. The molecule has 0 N–H and O–H groups in total. The molecule has 0 aromatic heterocycles. The van der Waals surface area contributed by atoms with E-state index in [1.165, 1.54) is 38.5 Å². The number of unbranched alkanes of at least 4 members (excludes halogenated alkanes) is 2. The second kappa shape index (κ2) is 5.61. The molecular formula is C12H21. The van der Waals surface area contributed by atoms with Crippen LogP contribution in [0.1, 0.15) is 58.3 Å². The van der Waals surface area contributed by atoms with Gasteiger partial charge in [-0.25, -0.2) is 0 Å². The first-order chi connectivity index (χ1) is 5.83. The summed E-state index contributed by atoms with van der Waals surface area (Å²) in [5.74, 6) is 1.24. The zero-order chi connectivity index (χ0) is 8.81. The van der Waals surface area contributed by atoms with Crippen molar-refractivity contribution in [2.45, 2.75) is 58.3 Å². The van der Waals surface area contributed by atoms with E-state index in [-0.39, 0.29) is 5.92 Å². The van der Waals surface area contributed by atoms with Gasteiger partial charge in [-0.2, -0.15) is 0 Å². The fourth-order valence-electron chi connectivity index (χ4n) is 2.13. The van der Waals surface area contributed by atoms with Crippen molar-refractivity contribution >= 4 is 0 Å². The normalized spacial score (nSPS) is 30.5. The molecule has 0 atom stereocenters. The van der Waals surface area contributed by atoms with Gasteiger partial charge >= 0.3 is 0 Å². The van der Waals surface area contributed by atoms with E-state index in [4.69, 9.17) is 6.92 Å². The standard InChI is InChI=1S/C12H21/c1-3-4-5-6-12-9-7-11(2)8-10-12/h11-12H,3-10H2,1H3/t11-,12-. The minimum absolute atomic E-state index is 0.271. The van der Waals surface area contributed by atoms with Crippen LogP contribution in [0.3, 0.4) is 0 Å². The van der Waals surface area contributed by atoms with Gasteiger partial charge in [-0.3, -0.25) is 0 Å². The topological polar surface area (TPSA) is 0 Å². The van der Waals surface area contributed by atoms with Crippen LogP contribution in [-0.4, -0.2) is 0 Å². The Morgan fingerprint density at radius 2 is 1.75 bits per heavy atom. The van der Waals surface area contributed by atoms with Crippen molar-refractivity contribution in [3.63, 3.8) is 0 Å². The predicted octanol–water partition coefficient (Wildman–Crippen LogP) is 3.96. The molecule has 0 nitrogen and oxygen atoms in total. The Hall–Kier alpha value is 0. The van der Waals surface area contributed by atoms with Gasteiger partial charge in [0.2, 0.25) is 0 Å². The van der Waals surface area contributed by atoms with Crippen LogP contribution in [-0.2, 0) is 0 Å². The summed E-state index contributed by atoms with van der Waals surface area (Å²) in [5.41, 5.74) is 0. The summed E-state index contributed by atoms with van der Waals surface area (Å²) in [5, 5.41) is 0. The molecule has 0 heteroatoms. The van der Waals surface area contributed by atoms with Gasteiger partial charge in [0.15, 0.2) is 0 Å². The van der Waals surface area contributed by atoms with Crippen LogP contribution >= 0.6 is 0 Å². The lowest BCUT2D eigenvalue weighted by atomic mass is 9.80. The molecule has 1 aliphatic carbocycles. The highest BCUT2D eigenvalue weighted by Crippen LogP contribution is 2.31. The van der Waals surface area contributed by atoms with Crippen LogP contribution in [0.25, 0.3) is 0 Å². The summed E-state index contributed by atoms with van der Waals surface area (Å²) in [6.07, 6.45) is 10.6. The number of hydrogen-bond donors (Lipinski definition) is 0. The van der Waals surface area contributed by atoms with Gasteiger partial charge in [-0.15, -0.1) is 0 Å². The van der Waals surface area contributed by atoms with Gasteiger partial charge in [0.1, 0.15) is 0 Å². The maximum atomic E-state index is 7.58. The fraction of sp³-hybridized carbons (Fsp3) is 0.917. The van der Waals surface area contributed by atoms with Crippen molar-refractivity contribution in [2.24, 2.45) is 11.8 Å². The summed E-state index contributed by atoms with van der Waals surface area (Å²) in [7, 11) is 0. The van der Waals surface area contributed by atoms with Crippen LogP contribution < -0.4 is 0 Å². The van der Waals surface area contributed by atoms with Crippen LogP contribution in [0.2, 0.25) is 0 Å². The molecule has 0 aromatic rings. The molecule has 0 heterocycles. The molecule has 0 bridgehead atoms. The largest absolute Gasteiger partial charge is 0.0654 e. The van der Waals surface area contributed by atoms with Crippen molar-refractivity contribution < 1.29 is 0 Å². The Labute approximate surface area is 77.7 Å². The highest BCUT2D eigenvalue weighted by atomic mass is 14.2. The summed E-state index contributed by atoms with van der Waals surface area (Å²) in [4.78, 5) is 0. The summed E-state index contributed by atoms with van der Waals surface area (Å²) in [6.45, 7) is 9.84.